The van der Waals surface area contributed by atoms with Crippen molar-refractivity contribution in [3.63, 3.8) is 0 Å². The summed E-state index contributed by atoms with van der Waals surface area (Å²) in [6, 6.07) is 5.90. The van der Waals surface area contributed by atoms with Crippen LogP contribution in [-0.4, -0.2) is 26.4 Å². The molecule has 1 rings (SSSR count). The van der Waals surface area contributed by atoms with E-state index in [-0.39, 0.29) is 22.8 Å². The van der Waals surface area contributed by atoms with Gasteiger partial charge < -0.3 is 5.32 Å². The molecule has 0 aliphatic rings. The first kappa shape index (κ1) is 20.2. The molecule has 5 nitrogen and oxygen atoms in total. The van der Waals surface area contributed by atoms with Crippen molar-refractivity contribution >= 4 is 15.9 Å². The molecule has 0 aromatic heterocycles. The Morgan fingerprint density at radius 3 is 2.38 bits per heavy atom. The molecule has 132 valence electrons. The molecule has 0 aliphatic heterocycles. The second kappa shape index (κ2) is 7.37. The Labute approximate surface area is 145 Å². The molecule has 0 aliphatic carbocycles. The first-order valence-corrected chi connectivity index (χ1v) is 9.20. The van der Waals surface area contributed by atoms with Crippen molar-refractivity contribution in [1.29, 1.82) is 0 Å². The van der Waals surface area contributed by atoms with Crippen LogP contribution >= 0.6 is 0 Å². The van der Waals surface area contributed by atoms with Crippen LogP contribution < -0.4 is 10.0 Å². The van der Waals surface area contributed by atoms with E-state index in [0.717, 1.165) is 6.42 Å². The monoisotopic (exact) mass is 350 g/mol. The van der Waals surface area contributed by atoms with Crippen LogP contribution in [0, 0.1) is 17.8 Å². The second-order valence-electron chi connectivity index (χ2n) is 7.63. The van der Waals surface area contributed by atoms with E-state index < -0.39 is 15.6 Å². The Hall–Kier alpha value is -1.84. The van der Waals surface area contributed by atoms with Crippen LogP contribution in [0.2, 0.25) is 0 Å². The number of carbonyl (C=O) groups excluding carboxylic acids is 1. The number of amides is 1. The Kier molecular flexibility index (Phi) is 6.20. The topological polar surface area (TPSA) is 75.3 Å². The fourth-order valence-corrected chi connectivity index (χ4v) is 3.75. The summed E-state index contributed by atoms with van der Waals surface area (Å²) in [5.74, 6) is 1.91. The quantitative estimate of drug-likeness (QED) is 0.774. The van der Waals surface area contributed by atoms with Gasteiger partial charge in [-0.1, -0.05) is 32.8 Å². The Bertz CT molecular complexity index is 738. The van der Waals surface area contributed by atoms with Crippen molar-refractivity contribution in [3.05, 3.63) is 29.8 Å². The Morgan fingerprint density at radius 1 is 1.21 bits per heavy atom. The molecular formula is C18H26N2O3S. The largest absolute Gasteiger partial charge is 0.347 e. The van der Waals surface area contributed by atoms with Crippen LogP contribution in [0.1, 0.15) is 51.4 Å². The maximum Gasteiger partial charge on any atom is 0.251 e. The third-order valence-corrected chi connectivity index (χ3v) is 4.59. The second-order valence-corrected chi connectivity index (χ2v) is 9.40. The molecular weight excluding hydrogens is 324 g/mol. The third-order valence-electron chi connectivity index (χ3n) is 3.19. The lowest BCUT2D eigenvalue weighted by atomic mass is 9.81. The average Bonchev–Trinajstić information content (AvgIpc) is 2.42. The fourth-order valence-electron chi connectivity index (χ4n) is 2.77. The number of sulfonamides is 1. The molecule has 0 spiro atoms. The molecule has 1 aromatic rings. The van der Waals surface area contributed by atoms with E-state index in [2.05, 4.69) is 36.7 Å². The number of hydrogen-bond donors (Lipinski definition) is 2. The molecule has 0 bridgehead atoms. The highest BCUT2D eigenvalue weighted by Crippen LogP contribution is 2.27. The van der Waals surface area contributed by atoms with Crippen molar-refractivity contribution in [2.45, 2.75) is 51.5 Å². The minimum Gasteiger partial charge on any atom is -0.347 e. The minimum absolute atomic E-state index is 0.0130. The lowest BCUT2D eigenvalue weighted by Gasteiger charge is -2.33. The number of carbonyl (C=O) groups is 1. The van der Waals surface area contributed by atoms with Crippen LogP contribution in [0.25, 0.3) is 0 Å². The predicted octanol–water partition coefficient (Wildman–Crippen LogP) is 2.54. The van der Waals surface area contributed by atoms with E-state index in [1.807, 2.05) is 13.8 Å². The average molecular weight is 350 g/mol. The summed E-state index contributed by atoms with van der Waals surface area (Å²) in [4.78, 5) is 12.5. The van der Waals surface area contributed by atoms with E-state index in [1.54, 1.807) is 6.07 Å². The van der Waals surface area contributed by atoms with Crippen LogP contribution in [-0.2, 0) is 10.0 Å². The number of nitrogens with one attached hydrogen (secondary N) is 2. The highest BCUT2D eigenvalue weighted by Gasteiger charge is 2.27. The molecule has 0 radical (unpaired) electrons. The number of hydrogen-bond acceptors (Lipinski definition) is 3. The zero-order chi connectivity index (χ0) is 18.6. The Morgan fingerprint density at radius 2 is 1.83 bits per heavy atom. The van der Waals surface area contributed by atoms with Gasteiger partial charge >= 0.3 is 0 Å². The first-order chi connectivity index (χ1) is 10.9. The van der Waals surface area contributed by atoms with E-state index in [0.29, 0.717) is 5.56 Å². The summed E-state index contributed by atoms with van der Waals surface area (Å²) < 4.78 is 26.5. The van der Waals surface area contributed by atoms with Gasteiger partial charge in [0, 0.05) is 11.1 Å². The van der Waals surface area contributed by atoms with E-state index in [4.69, 9.17) is 6.42 Å². The maximum absolute atomic E-state index is 12.5. The van der Waals surface area contributed by atoms with Gasteiger partial charge in [0.25, 0.3) is 5.91 Å². The van der Waals surface area contributed by atoms with E-state index in [1.165, 1.54) is 18.2 Å². The number of benzene rings is 1. The standard InChI is InChI=1S/C18H26N2O3S/c1-7-11-19-24(22,23)15-10-8-9-14(12-15)16(21)20-18(5,6)13-17(2,3)4/h1,8-10,12,19H,11,13H2,2-6H3,(H,20,21). The zero-order valence-electron chi connectivity index (χ0n) is 14.9. The molecule has 1 amide bonds. The van der Waals surface area contributed by atoms with Crippen molar-refractivity contribution in [3.8, 4) is 12.3 Å². The van der Waals surface area contributed by atoms with Gasteiger partial charge in [0.1, 0.15) is 0 Å². The maximum atomic E-state index is 12.5. The van der Waals surface area contributed by atoms with Gasteiger partial charge in [0.15, 0.2) is 0 Å². The molecule has 0 unspecified atom stereocenters. The minimum atomic E-state index is -3.72. The molecule has 0 saturated carbocycles. The summed E-state index contributed by atoms with van der Waals surface area (Å²) in [7, 11) is -3.72. The van der Waals surface area contributed by atoms with Gasteiger partial charge in [0.2, 0.25) is 10.0 Å². The lowest BCUT2D eigenvalue weighted by Crippen LogP contribution is -2.45. The molecule has 24 heavy (non-hydrogen) atoms. The van der Waals surface area contributed by atoms with Crippen LogP contribution in [0.3, 0.4) is 0 Å². The fraction of sp³-hybridized carbons (Fsp3) is 0.500. The van der Waals surface area contributed by atoms with Gasteiger partial charge in [-0.2, -0.15) is 4.72 Å². The van der Waals surface area contributed by atoms with E-state index in [9.17, 15) is 13.2 Å². The number of terminal acetylenes is 1. The van der Waals surface area contributed by atoms with Crippen molar-refractivity contribution in [2.24, 2.45) is 5.41 Å². The summed E-state index contributed by atoms with van der Waals surface area (Å²) >= 11 is 0. The van der Waals surface area contributed by atoms with Crippen LogP contribution in [0.5, 0.6) is 0 Å². The van der Waals surface area contributed by atoms with Crippen LogP contribution in [0.15, 0.2) is 29.2 Å². The molecule has 0 atom stereocenters. The normalized spacial score (nSPS) is 12.5. The van der Waals surface area contributed by atoms with E-state index >= 15 is 0 Å². The van der Waals surface area contributed by atoms with Gasteiger partial charge in [-0.3, -0.25) is 4.79 Å². The Balaban J connectivity index is 2.98. The van der Waals surface area contributed by atoms with Crippen molar-refractivity contribution < 1.29 is 13.2 Å². The SMILES string of the molecule is C#CCNS(=O)(=O)c1cccc(C(=O)NC(C)(C)CC(C)(C)C)c1. The molecule has 6 heteroatoms. The molecule has 2 N–H and O–H groups in total. The summed E-state index contributed by atoms with van der Waals surface area (Å²) in [6.07, 6.45) is 5.86. The molecule has 1 aromatic carbocycles. The molecule has 0 saturated heterocycles. The van der Waals surface area contributed by atoms with Crippen LogP contribution in [0.4, 0.5) is 0 Å². The lowest BCUT2D eigenvalue weighted by molar-refractivity contribution is 0.0891. The van der Waals surface area contributed by atoms with Gasteiger partial charge in [-0.05, 0) is 43.9 Å². The first-order valence-electron chi connectivity index (χ1n) is 7.72. The summed E-state index contributed by atoms with van der Waals surface area (Å²) in [5.41, 5.74) is -0.0619. The highest BCUT2D eigenvalue weighted by atomic mass is 32.2. The van der Waals surface area contributed by atoms with Gasteiger partial charge in [-0.25, -0.2) is 8.42 Å². The predicted molar refractivity (Wildman–Crippen MR) is 96.1 cm³/mol. The summed E-state index contributed by atoms with van der Waals surface area (Å²) in [5, 5.41) is 2.96. The molecule has 0 fully saturated rings. The van der Waals surface area contributed by atoms with Gasteiger partial charge in [-0.15, -0.1) is 6.42 Å². The van der Waals surface area contributed by atoms with Crippen molar-refractivity contribution in [2.75, 3.05) is 6.54 Å². The third kappa shape index (κ3) is 6.34. The smallest absolute Gasteiger partial charge is 0.251 e. The zero-order valence-corrected chi connectivity index (χ0v) is 15.8. The highest BCUT2D eigenvalue weighted by molar-refractivity contribution is 7.89. The molecule has 0 heterocycles. The number of rotatable bonds is 6. The summed E-state index contributed by atoms with van der Waals surface area (Å²) in [6.45, 7) is 10.1. The van der Waals surface area contributed by atoms with Gasteiger partial charge in [0.05, 0.1) is 11.4 Å². The van der Waals surface area contributed by atoms with Crippen molar-refractivity contribution in [1.82, 2.24) is 10.0 Å².